The number of hydrogen-bond donors (Lipinski definition) is 3. The van der Waals surface area contributed by atoms with E-state index in [2.05, 4.69) is 33.6 Å². The summed E-state index contributed by atoms with van der Waals surface area (Å²) in [5.74, 6) is -0.191. The van der Waals surface area contributed by atoms with Crippen LogP contribution in [0.4, 0.5) is 5.69 Å². The Morgan fingerprint density at radius 2 is 2.23 bits per heavy atom. The number of likely N-dealkylation sites (N-methyl/N-ethyl adjacent to an activating group) is 1. The van der Waals surface area contributed by atoms with Crippen LogP contribution in [0.3, 0.4) is 0 Å². The molecule has 1 aliphatic carbocycles. The van der Waals surface area contributed by atoms with Crippen LogP contribution in [0.15, 0.2) is 36.5 Å². The molecule has 0 saturated heterocycles. The Morgan fingerprint density at radius 1 is 1.35 bits per heavy atom. The van der Waals surface area contributed by atoms with Crippen molar-refractivity contribution in [3.05, 3.63) is 58.5 Å². The first kappa shape index (κ1) is 17.1. The number of hydrogen-bond acceptors (Lipinski definition) is 3. The van der Waals surface area contributed by atoms with Crippen molar-refractivity contribution in [2.75, 3.05) is 11.9 Å². The molecule has 1 amide bonds. The van der Waals surface area contributed by atoms with E-state index in [4.69, 9.17) is 11.6 Å². The zero-order valence-corrected chi connectivity index (χ0v) is 15.4. The first-order valence-corrected chi connectivity index (χ1v) is 9.31. The molecule has 0 bridgehead atoms. The summed E-state index contributed by atoms with van der Waals surface area (Å²) in [5.41, 5.74) is 5.07. The molecule has 0 radical (unpaired) electrons. The molecule has 0 spiro atoms. The number of nitrogens with one attached hydrogen (secondary N) is 3. The monoisotopic (exact) mass is 368 g/mol. The minimum atomic E-state index is -0.191. The number of nitrogens with zero attached hydrogens (tertiary/aromatic N) is 1. The number of rotatable bonds is 4. The predicted octanol–water partition coefficient (Wildman–Crippen LogP) is 3.94. The minimum Gasteiger partial charge on any atom is -0.358 e. The van der Waals surface area contributed by atoms with E-state index in [9.17, 15) is 4.79 Å². The van der Waals surface area contributed by atoms with Gasteiger partial charge in [0.2, 0.25) is 0 Å². The van der Waals surface area contributed by atoms with Gasteiger partial charge in [-0.25, -0.2) is 4.98 Å². The van der Waals surface area contributed by atoms with Crippen molar-refractivity contribution < 1.29 is 4.79 Å². The Kier molecular flexibility index (Phi) is 4.66. The smallest absolute Gasteiger partial charge is 0.257 e. The average molecular weight is 369 g/mol. The molecule has 1 atom stereocenters. The van der Waals surface area contributed by atoms with Crippen molar-refractivity contribution in [1.82, 2.24) is 15.3 Å². The lowest BCUT2D eigenvalue weighted by molar-refractivity contribution is 0.102. The van der Waals surface area contributed by atoms with E-state index in [0.29, 0.717) is 16.8 Å². The van der Waals surface area contributed by atoms with Crippen molar-refractivity contribution in [3.63, 3.8) is 0 Å². The van der Waals surface area contributed by atoms with E-state index in [-0.39, 0.29) is 5.91 Å². The number of aromatic amines is 1. The van der Waals surface area contributed by atoms with Gasteiger partial charge in [-0.15, -0.1) is 0 Å². The van der Waals surface area contributed by atoms with Crippen LogP contribution >= 0.6 is 11.6 Å². The van der Waals surface area contributed by atoms with Gasteiger partial charge in [-0.2, -0.15) is 0 Å². The first-order chi connectivity index (χ1) is 12.6. The van der Waals surface area contributed by atoms with Gasteiger partial charge in [0.15, 0.2) is 0 Å². The number of aryl methyl sites for hydroxylation is 1. The van der Waals surface area contributed by atoms with E-state index in [0.717, 1.165) is 37.0 Å². The molecule has 0 saturated carbocycles. The molecular weight excluding hydrogens is 348 g/mol. The van der Waals surface area contributed by atoms with E-state index < -0.39 is 0 Å². The van der Waals surface area contributed by atoms with E-state index >= 15 is 0 Å². The van der Waals surface area contributed by atoms with Gasteiger partial charge in [0.1, 0.15) is 5.15 Å². The number of H-pyrrole nitrogens is 1. The molecule has 4 rings (SSSR count). The number of pyridine rings is 1. The van der Waals surface area contributed by atoms with E-state index in [1.54, 1.807) is 12.1 Å². The van der Waals surface area contributed by atoms with Gasteiger partial charge in [0, 0.05) is 34.5 Å². The van der Waals surface area contributed by atoms with Gasteiger partial charge in [-0.3, -0.25) is 4.79 Å². The zero-order chi connectivity index (χ0) is 18.1. The summed E-state index contributed by atoms with van der Waals surface area (Å²) in [6, 6.07) is 9.81. The van der Waals surface area contributed by atoms with Gasteiger partial charge in [0.25, 0.3) is 5.91 Å². The van der Waals surface area contributed by atoms with Crippen LogP contribution in [0, 0.1) is 0 Å². The quantitative estimate of drug-likeness (QED) is 0.611. The summed E-state index contributed by atoms with van der Waals surface area (Å²) in [5, 5.41) is 8.06. The third-order valence-corrected chi connectivity index (χ3v) is 5.15. The number of amides is 1. The molecule has 134 valence electrons. The Bertz CT molecular complexity index is 948. The van der Waals surface area contributed by atoms with Crippen LogP contribution in [0.1, 0.15) is 35.0 Å². The number of anilines is 1. The number of carbonyl (C=O) groups excluding carboxylic acids is 1. The molecular formula is C20H21ClN4O. The third kappa shape index (κ3) is 3.32. The molecule has 5 nitrogen and oxygen atoms in total. The van der Waals surface area contributed by atoms with Gasteiger partial charge in [0.05, 0.1) is 5.56 Å². The van der Waals surface area contributed by atoms with Gasteiger partial charge in [-0.1, -0.05) is 18.5 Å². The van der Waals surface area contributed by atoms with Crippen molar-refractivity contribution in [1.29, 1.82) is 0 Å². The molecule has 0 aliphatic heterocycles. The normalized spacial score (nSPS) is 16.5. The fourth-order valence-electron chi connectivity index (χ4n) is 3.67. The summed E-state index contributed by atoms with van der Waals surface area (Å²) in [7, 11) is 0. The SMILES string of the molecule is CCNC1CCc2[nH]c3ccc(NC(=O)c4ccc(Cl)nc4)cc3c2C1. The molecule has 1 aromatic carbocycles. The second-order valence-corrected chi connectivity index (χ2v) is 7.05. The number of carbonyl (C=O) groups is 1. The van der Waals surface area contributed by atoms with Crippen LogP contribution in [0.2, 0.25) is 5.15 Å². The first-order valence-electron chi connectivity index (χ1n) is 8.94. The molecule has 3 aromatic rings. The number of aromatic nitrogens is 2. The summed E-state index contributed by atoms with van der Waals surface area (Å²) >= 11 is 5.78. The maximum Gasteiger partial charge on any atom is 0.257 e. The Morgan fingerprint density at radius 3 is 3.00 bits per heavy atom. The van der Waals surface area contributed by atoms with Gasteiger partial charge < -0.3 is 15.6 Å². The third-order valence-electron chi connectivity index (χ3n) is 4.93. The second kappa shape index (κ2) is 7.09. The number of halogens is 1. The highest BCUT2D eigenvalue weighted by molar-refractivity contribution is 6.29. The van der Waals surface area contributed by atoms with Crippen molar-refractivity contribution in [2.24, 2.45) is 0 Å². The van der Waals surface area contributed by atoms with Crippen LogP contribution in [0.25, 0.3) is 10.9 Å². The molecule has 1 unspecified atom stereocenters. The number of benzene rings is 1. The van der Waals surface area contributed by atoms with Crippen LogP contribution in [-0.4, -0.2) is 28.5 Å². The van der Waals surface area contributed by atoms with Crippen LogP contribution in [0.5, 0.6) is 0 Å². The second-order valence-electron chi connectivity index (χ2n) is 6.66. The largest absolute Gasteiger partial charge is 0.358 e. The van der Waals surface area contributed by atoms with Crippen molar-refractivity contribution in [2.45, 2.75) is 32.2 Å². The van der Waals surface area contributed by atoms with Crippen LogP contribution < -0.4 is 10.6 Å². The van der Waals surface area contributed by atoms with E-state index in [1.807, 2.05) is 12.1 Å². The Balaban J connectivity index is 1.60. The Hall–Kier alpha value is -2.37. The van der Waals surface area contributed by atoms with Crippen molar-refractivity contribution in [3.8, 4) is 0 Å². The zero-order valence-electron chi connectivity index (χ0n) is 14.6. The molecule has 1 aliphatic rings. The van der Waals surface area contributed by atoms with Gasteiger partial charge in [-0.05, 0) is 61.7 Å². The summed E-state index contributed by atoms with van der Waals surface area (Å²) < 4.78 is 0. The summed E-state index contributed by atoms with van der Waals surface area (Å²) in [6.07, 6.45) is 4.71. The maximum atomic E-state index is 12.4. The minimum absolute atomic E-state index is 0.191. The molecule has 2 heterocycles. The highest BCUT2D eigenvalue weighted by atomic mass is 35.5. The lowest BCUT2D eigenvalue weighted by atomic mass is 9.91. The molecule has 2 aromatic heterocycles. The Labute approximate surface area is 157 Å². The fraction of sp³-hybridized carbons (Fsp3) is 0.300. The van der Waals surface area contributed by atoms with E-state index in [1.165, 1.54) is 22.8 Å². The lowest BCUT2D eigenvalue weighted by Gasteiger charge is -2.23. The predicted molar refractivity (Wildman–Crippen MR) is 105 cm³/mol. The molecule has 0 fully saturated rings. The highest BCUT2D eigenvalue weighted by Crippen LogP contribution is 2.31. The highest BCUT2D eigenvalue weighted by Gasteiger charge is 2.22. The van der Waals surface area contributed by atoms with Crippen molar-refractivity contribution >= 4 is 34.1 Å². The molecule has 26 heavy (non-hydrogen) atoms. The molecule has 3 N–H and O–H groups in total. The number of fused-ring (bicyclic) bond motifs is 3. The maximum absolute atomic E-state index is 12.4. The average Bonchev–Trinajstić information content (AvgIpc) is 3.00. The molecule has 6 heteroatoms. The lowest BCUT2D eigenvalue weighted by Crippen LogP contribution is -2.34. The van der Waals surface area contributed by atoms with Crippen LogP contribution in [-0.2, 0) is 12.8 Å². The summed E-state index contributed by atoms with van der Waals surface area (Å²) in [4.78, 5) is 19.9. The standard InChI is InChI=1S/C20H21ClN4O/c1-2-22-13-4-6-17-15(9-13)16-10-14(5-7-18(16)25-17)24-20(26)12-3-8-19(21)23-11-12/h3,5,7-8,10-11,13,22,25H,2,4,6,9H2,1H3,(H,24,26). The fourth-order valence-corrected chi connectivity index (χ4v) is 3.78. The van der Waals surface area contributed by atoms with Gasteiger partial charge >= 0.3 is 0 Å². The topological polar surface area (TPSA) is 69.8 Å². The summed E-state index contributed by atoms with van der Waals surface area (Å²) in [6.45, 7) is 3.13.